The molecule has 0 radical (unpaired) electrons. The summed E-state index contributed by atoms with van der Waals surface area (Å²) in [5.41, 5.74) is -0.667. The molecule has 0 spiro atoms. The average molecular weight is 406 g/mol. The maximum Gasteiger partial charge on any atom is 0.421 e. The number of ether oxygens (including phenoxy) is 1. The molecule has 152 valence electrons. The zero-order valence-corrected chi connectivity index (χ0v) is 15.4. The lowest BCUT2D eigenvalue weighted by atomic mass is 10.2. The lowest BCUT2D eigenvalue weighted by Gasteiger charge is -2.15. The van der Waals surface area contributed by atoms with Crippen LogP contribution in [0.25, 0.3) is 0 Å². The first-order valence-electron chi connectivity index (χ1n) is 8.82. The van der Waals surface area contributed by atoms with Gasteiger partial charge >= 0.3 is 6.18 Å². The van der Waals surface area contributed by atoms with Crippen molar-refractivity contribution in [3.8, 4) is 5.75 Å². The van der Waals surface area contributed by atoms with Crippen molar-refractivity contribution in [3.63, 3.8) is 0 Å². The summed E-state index contributed by atoms with van der Waals surface area (Å²) in [5.74, 6) is -0.647. The average Bonchev–Trinajstić information content (AvgIpc) is 2.68. The standard InChI is InChI=1S/C20H18F4N4O/c1-2-11-29-14-9-7-13(8-10-14)26-19-25-12-15(20(22,23)24)18(28-19)27-17-6-4-3-5-16(17)21/h3-10,12H,2,11H2,1H3,(H2,25,26,27,28). The lowest BCUT2D eigenvalue weighted by molar-refractivity contribution is -0.137. The molecule has 2 N–H and O–H groups in total. The van der Waals surface area contributed by atoms with Gasteiger partial charge in [-0.25, -0.2) is 9.37 Å². The van der Waals surface area contributed by atoms with Crippen LogP contribution >= 0.6 is 0 Å². The summed E-state index contributed by atoms with van der Waals surface area (Å²) in [6, 6.07) is 12.2. The number of hydrogen-bond donors (Lipinski definition) is 2. The molecule has 3 rings (SSSR count). The van der Waals surface area contributed by atoms with Crippen LogP contribution in [-0.4, -0.2) is 16.6 Å². The smallest absolute Gasteiger partial charge is 0.421 e. The van der Waals surface area contributed by atoms with Crippen molar-refractivity contribution < 1.29 is 22.3 Å². The number of anilines is 4. The molecular weight excluding hydrogens is 388 g/mol. The zero-order valence-electron chi connectivity index (χ0n) is 15.4. The third-order valence-electron chi connectivity index (χ3n) is 3.80. The Balaban J connectivity index is 1.86. The summed E-state index contributed by atoms with van der Waals surface area (Å²) in [7, 11) is 0. The van der Waals surface area contributed by atoms with E-state index >= 15 is 0 Å². The summed E-state index contributed by atoms with van der Waals surface area (Å²) in [4.78, 5) is 7.62. The van der Waals surface area contributed by atoms with Crippen LogP contribution in [0.15, 0.2) is 54.7 Å². The second-order valence-corrected chi connectivity index (χ2v) is 6.06. The molecule has 9 heteroatoms. The minimum absolute atomic E-state index is 0.0703. The van der Waals surface area contributed by atoms with E-state index in [4.69, 9.17) is 4.74 Å². The van der Waals surface area contributed by atoms with E-state index in [1.165, 1.54) is 18.2 Å². The lowest BCUT2D eigenvalue weighted by Crippen LogP contribution is -2.13. The van der Waals surface area contributed by atoms with Gasteiger partial charge in [0.15, 0.2) is 0 Å². The molecule has 1 aromatic heterocycles. The predicted octanol–water partition coefficient (Wildman–Crippen LogP) is 5.91. The van der Waals surface area contributed by atoms with Gasteiger partial charge in [-0.15, -0.1) is 0 Å². The van der Waals surface area contributed by atoms with Gasteiger partial charge < -0.3 is 15.4 Å². The molecule has 0 saturated carbocycles. The number of rotatable bonds is 7. The number of nitrogens with one attached hydrogen (secondary N) is 2. The number of halogens is 4. The minimum atomic E-state index is -4.70. The van der Waals surface area contributed by atoms with Crippen LogP contribution in [0, 0.1) is 5.82 Å². The van der Waals surface area contributed by atoms with E-state index in [0.717, 1.165) is 12.5 Å². The monoisotopic (exact) mass is 406 g/mol. The third kappa shape index (κ3) is 5.34. The quantitative estimate of drug-likeness (QED) is 0.478. The normalized spacial score (nSPS) is 11.2. The largest absolute Gasteiger partial charge is 0.494 e. The summed E-state index contributed by atoms with van der Waals surface area (Å²) in [6.07, 6.45) is -3.18. The van der Waals surface area contributed by atoms with Crippen LogP contribution in [0.1, 0.15) is 18.9 Å². The van der Waals surface area contributed by atoms with Gasteiger partial charge in [-0.2, -0.15) is 18.2 Å². The highest BCUT2D eigenvalue weighted by Crippen LogP contribution is 2.35. The molecule has 0 fully saturated rings. The molecule has 0 bridgehead atoms. The van der Waals surface area contributed by atoms with Crippen molar-refractivity contribution in [2.45, 2.75) is 19.5 Å². The van der Waals surface area contributed by atoms with E-state index in [-0.39, 0.29) is 11.6 Å². The molecule has 0 atom stereocenters. The van der Waals surface area contributed by atoms with Crippen molar-refractivity contribution in [2.75, 3.05) is 17.2 Å². The van der Waals surface area contributed by atoms with Crippen molar-refractivity contribution >= 4 is 23.1 Å². The topological polar surface area (TPSA) is 59.1 Å². The number of aromatic nitrogens is 2. The predicted molar refractivity (Wildman–Crippen MR) is 102 cm³/mol. The fourth-order valence-electron chi connectivity index (χ4n) is 2.42. The van der Waals surface area contributed by atoms with Gasteiger partial charge in [0.05, 0.1) is 12.3 Å². The van der Waals surface area contributed by atoms with E-state index in [2.05, 4.69) is 20.6 Å². The number of para-hydroxylation sites is 1. The fraction of sp³-hybridized carbons (Fsp3) is 0.200. The van der Waals surface area contributed by atoms with Crippen molar-refractivity contribution in [3.05, 3.63) is 66.1 Å². The SMILES string of the molecule is CCCOc1ccc(Nc2ncc(C(F)(F)F)c(Nc3ccccc3F)n2)cc1. The zero-order chi connectivity index (χ0) is 20.9. The van der Waals surface area contributed by atoms with Crippen LogP contribution < -0.4 is 15.4 Å². The molecule has 3 aromatic rings. The van der Waals surface area contributed by atoms with Crippen LogP contribution in [0.3, 0.4) is 0 Å². The Hall–Kier alpha value is -3.36. The van der Waals surface area contributed by atoms with Gasteiger partial charge in [-0.3, -0.25) is 0 Å². The highest BCUT2D eigenvalue weighted by Gasteiger charge is 2.35. The molecule has 0 aliphatic carbocycles. The van der Waals surface area contributed by atoms with Crippen molar-refractivity contribution in [1.82, 2.24) is 9.97 Å². The molecule has 0 unspecified atom stereocenters. The number of nitrogens with zero attached hydrogens (tertiary/aromatic N) is 2. The van der Waals surface area contributed by atoms with Gasteiger partial charge in [0.1, 0.15) is 22.9 Å². The maximum absolute atomic E-state index is 13.9. The van der Waals surface area contributed by atoms with Gasteiger partial charge in [-0.1, -0.05) is 19.1 Å². The summed E-state index contributed by atoms with van der Waals surface area (Å²) < 4.78 is 59.3. The van der Waals surface area contributed by atoms with Crippen LogP contribution in [0.5, 0.6) is 5.75 Å². The third-order valence-corrected chi connectivity index (χ3v) is 3.80. The van der Waals surface area contributed by atoms with Gasteiger partial charge in [0.25, 0.3) is 0 Å². The Morgan fingerprint density at radius 1 is 1.00 bits per heavy atom. The molecule has 2 aromatic carbocycles. The van der Waals surface area contributed by atoms with Crippen LogP contribution in [0.2, 0.25) is 0 Å². The number of benzene rings is 2. The van der Waals surface area contributed by atoms with E-state index in [0.29, 0.717) is 24.2 Å². The first-order valence-corrected chi connectivity index (χ1v) is 8.82. The van der Waals surface area contributed by atoms with Crippen LogP contribution in [-0.2, 0) is 6.18 Å². The Kier molecular flexibility index (Phi) is 6.16. The van der Waals surface area contributed by atoms with E-state index in [1.54, 1.807) is 24.3 Å². The minimum Gasteiger partial charge on any atom is -0.494 e. The Morgan fingerprint density at radius 3 is 2.38 bits per heavy atom. The summed E-state index contributed by atoms with van der Waals surface area (Å²) >= 11 is 0. The highest BCUT2D eigenvalue weighted by atomic mass is 19.4. The Labute approximate surface area is 164 Å². The highest BCUT2D eigenvalue weighted by molar-refractivity contribution is 5.63. The van der Waals surface area contributed by atoms with E-state index in [9.17, 15) is 17.6 Å². The Morgan fingerprint density at radius 2 is 1.72 bits per heavy atom. The Bertz CT molecular complexity index is 961. The van der Waals surface area contributed by atoms with Crippen molar-refractivity contribution in [1.29, 1.82) is 0 Å². The van der Waals surface area contributed by atoms with Gasteiger partial charge in [-0.05, 0) is 42.8 Å². The molecule has 0 aliphatic heterocycles. The number of alkyl halides is 3. The number of hydrogen-bond acceptors (Lipinski definition) is 5. The molecule has 0 aliphatic rings. The summed E-state index contributed by atoms with van der Waals surface area (Å²) in [5, 5.41) is 5.23. The maximum atomic E-state index is 13.9. The second-order valence-electron chi connectivity index (χ2n) is 6.06. The molecule has 5 nitrogen and oxygen atoms in total. The molecule has 1 heterocycles. The first-order chi connectivity index (χ1) is 13.9. The first kappa shape index (κ1) is 20.4. The molecular formula is C20H18F4N4O. The van der Waals surface area contributed by atoms with E-state index in [1.807, 2.05) is 6.92 Å². The summed E-state index contributed by atoms with van der Waals surface area (Å²) in [6.45, 7) is 2.57. The molecule has 0 saturated heterocycles. The van der Waals surface area contributed by atoms with Gasteiger partial charge in [0, 0.05) is 11.9 Å². The van der Waals surface area contributed by atoms with E-state index < -0.39 is 23.4 Å². The molecule has 29 heavy (non-hydrogen) atoms. The second kappa shape index (κ2) is 8.76. The fourth-order valence-corrected chi connectivity index (χ4v) is 2.42. The van der Waals surface area contributed by atoms with Crippen molar-refractivity contribution in [2.24, 2.45) is 0 Å². The molecule has 0 amide bonds. The van der Waals surface area contributed by atoms with Crippen LogP contribution in [0.4, 0.5) is 40.7 Å². The van der Waals surface area contributed by atoms with Gasteiger partial charge in [0.2, 0.25) is 5.95 Å².